The Morgan fingerprint density at radius 3 is 2.68 bits per heavy atom. The fourth-order valence-electron chi connectivity index (χ4n) is 4.32. The minimum atomic E-state index is -4.01. The van der Waals surface area contributed by atoms with E-state index in [0.717, 1.165) is 32.3 Å². The van der Waals surface area contributed by atoms with E-state index in [1.165, 1.54) is 6.07 Å². The van der Waals surface area contributed by atoms with Crippen molar-refractivity contribution in [2.24, 2.45) is 5.92 Å². The summed E-state index contributed by atoms with van der Waals surface area (Å²) in [5, 5.41) is 12.5. The molecule has 3 N–H and O–H groups in total. The maximum absolute atomic E-state index is 13.3. The van der Waals surface area contributed by atoms with Crippen LogP contribution in [0.1, 0.15) is 31.2 Å². The molecular formula is C24H31BN3O5S. The Balaban J connectivity index is 1.54. The molecule has 0 bridgehead atoms. The standard InChI is InChI=1S/C24H31BN3O5S/c1-28-12-13-33-22-11-10-19(16-21(22)28)34(31,32)27-20(14-17-6-3-2-4-7-17)24(29)26-23(25-30)15-18-8-5-9-18/h2-4,6-7,10-11,16,18,20,23,27,30H,5,8-9,12-15H2,1H3,(H,26,29). The second-order valence-corrected chi connectivity index (χ2v) is 10.8. The van der Waals surface area contributed by atoms with E-state index in [0.29, 0.717) is 36.9 Å². The van der Waals surface area contributed by atoms with Crippen LogP contribution in [-0.4, -0.2) is 59.0 Å². The number of carbonyl (C=O) groups excluding carboxylic acids is 1. The van der Waals surface area contributed by atoms with Crippen LogP contribution in [0.3, 0.4) is 0 Å². The van der Waals surface area contributed by atoms with Crippen molar-refractivity contribution >= 4 is 29.1 Å². The van der Waals surface area contributed by atoms with Crippen molar-refractivity contribution in [2.75, 3.05) is 25.1 Å². The van der Waals surface area contributed by atoms with Gasteiger partial charge in [-0.1, -0.05) is 49.6 Å². The van der Waals surface area contributed by atoms with E-state index in [1.54, 1.807) is 12.1 Å². The molecule has 8 nitrogen and oxygen atoms in total. The van der Waals surface area contributed by atoms with Crippen molar-refractivity contribution in [1.29, 1.82) is 0 Å². The number of ether oxygens (including phenoxy) is 1. The molecule has 0 spiro atoms. The minimum absolute atomic E-state index is 0.0641. The number of nitrogens with zero attached hydrogens (tertiary/aromatic N) is 1. The lowest BCUT2D eigenvalue weighted by Gasteiger charge is -2.30. The van der Waals surface area contributed by atoms with E-state index in [-0.39, 0.29) is 11.3 Å². The van der Waals surface area contributed by atoms with E-state index in [9.17, 15) is 18.2 Å². The average molecular weight is 484 g/mol. The van der Waals surface area contributed by atoms with E-state index in [1.807, 2.05) is 42.3 Å². The van der Waals surface area contributed by atoms with Gasteiger partial charge in [-0.2, -0.15) is 4.72 Å². The number of anilines is 1. The maximum Gasteiger partial charge on any atom is 0.311 e. The van der Waals surface area contributed by atoms with Crippen LogP contribution >= 0.6 is 0 Å². The first kappa shape index (κ1) is 24.6. The zero-order valence-corrected chi connectivity index (χ0v) is 20.1. The number of rotatable bonds is 10. The van der Waals surface area contributed by atoms with Crippen LogP contribution in [0, 0.1) is 5.92 Å². The van der Waals surface area contributed by atoms with Gasteiger partial charge in [0.1, 0.15) is 18.4 Å². The van der Waals surface area contributed by atoms with Crippen LogP contribution in [0.25, 0.3) is 0 Å². The zero-order valence-electron chi connectivity index (χ0n) is 19.3. The van der Waals surface area contributed by atoms with E-state index in [4.69, 9.17) is 4.74 Å². The summed E-state index contributed by atoms with van der Waals surface area (Å²) in [5.74, 6) is 0.104. The van der Waals surface area contributed by atoms with Crippen molar-refractivity contribution in [3.05, 3.63) is 54.1 Å². The molecule has 1 fully saturated rings. The molecule has 0 saturated heterocycles. The molecule has 2 unspecified atom stereocenters. The first-order valence-electron chi connectivity index (χ1n) is 11.7. The van der Waals surface area contributed by atoms with Gasteiger partial charge in [-0.3, -0.25) is 4.79 Å². The van der Waals surface area contributed by atoms with Crippen molar-refractivity contribution in [1.82, 2.24) is 10.0 Å². The number of carbonyl (C=O) groups is 1. The van der Waals surface area contributed by atoms with Crippen LogP contribution in [0.4, 0.5) is 5.69 Å². The SMILES string of the molecule is CN1CCOc2ccc(S(=O)(=O)NC(Cc3ccccc3)C(=O)NC([B]O)CC3CCC3)cc21. The first-order chi connectivity index (χ1) is 16.4. The van der Waals surface area contributed by atoms with Gasteiger partial charge in [-0.25, -0.2) is 8.42 Å². The molecule has 10 heteroatoms. The number of fused-ring (bicyclic) bond motifs is 1. The normalized spacial score (nSPS) is 17.6. The van der Waals surface area contributed by atoms with Gasteiger partial charge in [-0.05, 0) is 42.5 Å². The van der Waals surface area contributed by atoms with E-state index in [2.05, 4.69) is 10.0 Å². The van der Waals surface area contributed by atoms with Gasteiger partial charge in [-0.15, -0.1) is 0 Å². The van der Waals surface area contributed by atoms with E-state index < -0.39 is 27.9 Å². The summed E-state index contributed by atoms with van der Waals surface area (Å²) in [6.07, 6.45) is 4.15. The van der Waals surface area contributed by atoms with Gasteiger partial charge in [0.25, 0.3) is 0 Å². The Kier molecular flexibility index (Phi) is 7.80. The Morgan fingerprint density at radius 2 is 2.00 bits per heavy atom. The second-order valence-electron chi connectivity index (χ2n) is 9.06. The highest BCUT2D eigenvalue weighted by Gasteiger charge is 2.30. The molecule has 2 aromatic carbocycles. The predicted octanol–water partition coefficient (Wildman–Crippen LogP) is 1.65. The lowest BCUT2D eigenvalue weighted by atomic mass is 9.73. The molecule has 181 valence electrons. The van der Waals surface area contributed by atoms with Gasteiger partial charge in [0.05, 0.1) is 17.1 Å². The van der Waals surface area contributed by atoms with Crippen molar-refractivity contribution in [3.8, 4) is 5.75 Å². The number of nitrogens with one attached hydrogen (secondary N) is 2. The van der Waals surface area contributed by atoms with Gasteiger partial charge >= 0.3 is 7.48 Å². The summed E-state index contributed by atoms with van der Waals surface area (Å²) in [5.41, 5.74) is 1.51. The van der Waals surface area contributed by atoms with Gasteiger partial charge in [0, 0.05) is 13.0 Å². The van der Waals surface area contributed by atoms with Crippen molar-refractivity contribution in [3.63, 3.8) is 0 Å². The summed E-state index contributed by atoms with van der Waals surface area (Å²) >= 11 is 0. The third kappa shape index (κ3) is 5.92. The maximum atomic E-state index is 13.3. The molecule has 0 aromatic heterocycles. The Labute approximate surface area is 202 Å². The van der Waals surface area contributed by atoms with Crippen LogP contribution in [-0.2, 0) is 21.2 Å². The second kappa shape index (κ2) is 10.8. The summed E-state index contributed by atoms with van der Waals surface area (Å²) in [6.45, 7) is 1.19. The van der Waals surface area contributed by atoms with Crippen LogP contribution in [0.15, 0.2) is 53.4 Å². The Morgan fingerprint density at radius 1 is 1.24 bits per heavy atom. The fraction of sp³-hybridized carbons (Fsp3) is 0.458. The molecule has 2 aliphatic rings. The molecule has 4 rings (SSSR count). The van der Waals surface area contributed by atoms with Crippen molar-refractivity contribution in [2.45, 2.75) is 49.0 Å². The lowest BCUT2D eigenvalue weighted by Crippen LogP contribution is -2.52. The molecule has 1 radical (unpaired) electrons. The number of benzene rings is 2. The lowest BCUT2D eigenvalue weighted by molar-refractivity contribution is -0.123. The summed E-state index contributed by atoms with van der Waals surface area (Å²) < 4.78 is 34.8. The average Bonchev–Trinajstić information content (AvgIpc) is 2.80. The number of sulfonamides is 1. The molecule has 2 atom stereocenters. The quantitative estimate of drug-likeness (QED) is 0.443. The van der Waals surface area contributed by atoms with Gasteiger partial charge in [0.2, 0.25) is 15.9 Å². The summed E-state index contributed by atoms with van der Waals surface area (Å²) in [7, 11) is -1.14. The number of likely N-dealkylation sites (N-methyl/N-ethyl adjacent to an activating group) is 1. The molecule has 1 aliphatic carbocycles. The van der Waals surface area contributed by atoms with Crippen molar-refractivity contribution < 1.29 is 23.0 Å². The van der Waals surface area contributed by atoms with Crippen LogP contribution in [0.2, 0.25) is 0 Å². The third-order valence-corrected chi connectivity index (χ3v) is 8.02. The number of amides is 1. The topological polar surface area (TPSA) is 108 Å². The third-order valence-electron chi connectivity index (χ3n) is 6.55. The number of hydrogen-bond acceptors (Lipinski definition) is 6. The highest BCUT2D eigenvalue weighted by Crippen LogP contribution is 2.33. The number of hydrogen-bond donors (Lipinski definition) is 3. The smallest absolute Gasteiger partial charge is 0.311 e. The molecule has 34 heavy (non-hydrogen) atoms. The van der Waals surface area contributed by atoms with Crippen LogP contribution < -0.4 is 19.7 Å². The molecule has 1 saturated carbocycles. The van der Waals surface area contributed by atoms with Gasteiger partial charge < -0.3 is 20.0 Å². The summed E-state index contributed by atoms with van der Waals surface area (Å²) in [6, 6.07) is 12.9. The largest absolute Gasteiger partial charge is 0.490 e. The first-order valence-corrected chi connectivity index (χ1v) is 13.2. The monoisotopic (exact) mass is 484 g/mol. The Hall–Kier alpha value is -2.56. The molecular weight excluding hydrogens is 453 g/mol. The molecule has 2 aromatic rings. The Bertz CT molecular complexity index is 1100. The zero-order chi connectivity index (χ0) is 24.1. The fourth-order valence-corrected chi connectivity index (χ4v) is 5.53. The predicted molar refractivity (Wildman–Crippen MR) is 131 cm³/mol. The van der Waals surface area contributed by atoms with Gasteiger partial charge in [0.15, 0.2) is 0 Å². The highest BCUT2D eigenvalue weighted by molar-refractivity contribution is 7.89. The molecule has 1 amide bonds. The summed E-state index contributed by atoms with van der Waals surface area (Å²) in [4.78, 5) is 15.2. The minimum Gasteiger partial charge on any atom is -0.490 e. The molecule has 1 heterocycles. The highest BCUT2D eigenvalue weighted by atomic mass is 32.2. The van der Waals surface area contributed by atoms with Crippen LogP contribution in [0.5, 0.6) is 5.75 Å². The van der Waals surface area contributed by atoms with E-state index >= 15 is 0 Å². The molecule has 1 aliphatic heterocycles.